The van der Waals surface area contributed by atoms with Gasteiger partial charge in [-0.15, -0.1) is 4.83 Å². The summed E-state index contributed by atoms with van der Waals surface area (Å²) in [6.07, 6.45) is -1.13. The van der Waals surface area contributed by atoms with E-state index >= 15 is 0 Å². The van der Waals surface area contributed by atoms with Gasteiger partial charge < -0.3 is 4.74 Å². The molecular weight excluding hydrogens is 361 g/mol. The highest BCUT2D eigenvalue weighted by atomic mass is 32.2. The minimum absolute atomic E-state index is 0.191. The van der Waals surface area contributed by atoms with Crippen LogP contribution in [0.3, 0.4) is 0 Å². The van der Waals surface area contributed by atoms with E-state index in [0.29, 0.717) is 6.07 Å². The quantitative estimate of drug-likeness (QED) is 0.757. The number of hydrogen-bond donors (Lipinski definition) is 2. The lowest BCUT2D eigenvalue weighted by Gasteiger charge is -2.15. The second kappa shape index (κ2) is 7.53. The van der Waals surface area contributed by atoms with E-state index in [4.69, 9.17) is 4.74 Å². The average molecular weight is 374 g/mol. The van der Waals surface area contributed by atoms with Gasteiger partial charge in [0.25, 0.3) is 15.9 Å². The maximum atomic E-state index is 13.5. The van der Waals surface area contributed by atoms with Crippen LogP contribution in [0.1, 0.15) is 6.92 Å². The number of ether oxygens (including phenoxy) is 1. The fourth-order valence-electron chi connectivity index (χ4n) is 1.74. The standard InChI is InChI=1S/C15H13F3N2O4S/c1-9(24-12-5-2-10(16)3-6-12)15(21)19-20-25(22,23)14-7-4-11(17)8-13(14)18/h2-9,20H,1H3,(H,19,21)/t9-/m0/s1. The molecule has 0 saturated heterocycles. The second-order valence-electron chi connectivity index (χ2n) is 4.88. The van der Waals surface area contributed by atoms with E-state index in [-0.39, 0.29) is 5.75 Å². The third kappa shape index (κ3) is 4.94. The van der Waals surface area contributed by atoms with Gasteiger partial charge in [0.2, 0.25) is 0 Å². The Hall–Kier alpha value is -2.59. The summed E-state index contributed by atoms with van der Waals surface area (Å²) in [5.74, 6) is -3.43. The number of rotatable bonds is 6. The molecule has 0 bridgehead atoms. The number of amides is 1. The number of carbonyl (C=O) groups excluding carboxylic acids is 1. The third-order valence-electron chi connectivity index (χ3n) is 2.99. The summed E-state index contributed by atoms with van der Waals surface area (Å²) in [6.45, 7) is 1.32. The largest absolute Gasteiger partial charge is 0.481 e. The molecule has 1 atom stereocenters. The fourth-order valence-corrected chi connectivity index (χ4v) is 2.65. The first-order chi connectivity index (χ1) is 11.7. The Labute approximate surface area is 141 Å². The SMILES string of the molecule is C[C@H](Oc1ccc(F)cc1)C(=O)NNS(=O)(=O)c1ccc(F)cc1F. The zero-order valence-electron chi connectivity index (χ0n) is 12.8. The topological polar surface area (TPSA) is 84.5 Å². The molecule has 6 nitrogen and oxygen atoms in total. The molecule has 25 heavy (non-hydrogen) atoms. The van der Waals surface area contributed by atoms with Crippen molar-refractivity contribution in [2.45, 2.75) is 17.9 Å². The number of nitrogens with one attached hydrogen (secondary N) is 2. The van der Waals surface area contributed by atoms with Crippen molar-refractivity contribution in [3.05, 3.63) is 59.9 Å². The molecule has 0 unspecified atom stereocenters. The van der Waals surface area contributed by atoms with Gasteiger partial charge in [0, 0.05) is 6.07 Å². The summed E-state index contributed by atoms with van der Waals surface area (Å²) in [5.41, 5.74) is 1.86. The van der Waals surface area contributed by atoms with Gasteiger partial charge in [-0.2, -0.15) is 0 Å². The van der Waals surface area contributed by atoms with Crippen LogP contribution in [0.25, 0.3) is 0 Å². The zero-order valence-corrected chi connectivity index (χ0v) is 13.6. The fraction of sp³-hybridized carbons (Fsp3) is 0.133. The Balaban J connectivity index is 1.99. The average Bonchev–Trinajstić information content (AvgIpc) is 2.54. The summed E-state index contributed by atoms with van der Waals surface area (Å²) in [5, 5.41) is 0. The van der Waals surface area contributed by atoms with E-state index in [1.54, 1.807) is 4.83 Å². The van der Waals surface area contributed by atoms with E-state index in [1.165, 1.54) is 19.1 Å². The molecule has 0 radical (unpaired) electrons. The highest BCUT2D eigenvalue weighted by Crippen LogP contribution is 2.15. The van der Waals surface area contributed by atoms with Crippen LogP contribution in [0.2, 0.25) is 0 Å². The second-order valence-corrected chi connectivity index (χ2v) is 6.53. The molecule has 2 N–H and O–H groups in total. The molecular formula is C15H13F3N2O4S. The lowest BCUT2D eigenvalue weighted by atomic mass is 10.3. The van der Waals surface area contributed by atoms with Crippen LogP contribution in [0.4, 0.5) is 13.2 Å². The molecule has 2 rings (SSSR count). The highest BCUT2D eigenvalue weighted by molar-refractivity contribution is 7.89. The van der Waals surface area contributed by atoms with Gasteiger partial charge >= 0.3 is 0 Å². The van der Waals surface area contributed by atoms with Crippen LogP contribution in [-0.4, -0.2) is 20.4 Å². The first kappa shape index (κ1) is 18.7. The van der Waals surface area contributed by atoms with Gasteiger partial charge in [-0.3, -0.25) is 10.2 Å². The Morgan fingerprint density at radius 1 is 1.04 bits per heavy atom. The molecule has 0 heterocycles. The van der Waals surface area contributed by atoms with Crippen molar-refractivity contribution in [1.82, 2.24) is 10.3 Å². The molecule has 0 aliphatic carbocycles. The lowest BCUT2D eigenvalue weighted by molar-refractivity contribution is -0.127. The van der Waals surface area contributed by atoms with E-state index < -0.39 is 44.4 Å². The Morgan fingerprint density at radius 3 is 2.24 bits per heavy atom. The van der Waals surface area contributed by atoms with E-state index in [1.807, 2.05) is 5.43 Å². The number of halogens is 3. The van der Waals surface area contributed by atoms with Gasteiger partial charge in [0.15, 0.2) is 6.10 Å². The number of benzene rings is 2. The van der Waals surface area contributed by atoms with Gasteiger partial charge in [-0.1, -0.05) is 0 Å². The van der Waals surface area contributed by atoms with Gasteiger partial charge in [-0.05, 0) is 43.3 Å². The Kier molecular flexibility index (Phi) is 5.65. The monoisotopic (exact) mass is 374 g/mol. The maximum absolute atomic E-state index is 13.5. The minimum Gasteiger partial charge on any atom is -0.481 e. The minimum atomic E-state index is -4.44. The van der Waals surface area contributed by atoms with Crippen molar-refractivity contribution in [3.63, 3.8) is 0 Å². The molecule has 2 aromatic carbocycles. The van der Waals surface area contributed by atoms with Crippen LogP contribution in [0.5, 0.6) is 5.75 Å². The molecule has 0 fully saturated rings. The summed E-state index contributed by atoms with van der Waals surface area (Å²) < 4.78 is 68.2. The van der Waals surface area contributed by atoms with Crippen molar-refractivity contribution in [2.75, 3.05) is 0 Å². The summed E-state index contributed by atoms with van der Waals surface area (Å²) in [7, 11) is -4.44. The van der Waals surface area contributed by atoms with Gasteiger partial charge in [0.1, 0.15) is 28.1 Å². The molecule has 0 aliphatic heterocycles. The van der Waals surface area contributed by atoms with Crippen LogP contribution in [-0.2, 0) is 14.8 Å². The lowest BCUT2D eigenvalue weighted by Crippen LogP contribution is -2.47. The van der Waals surface area contributed by atoms with Crippen molar-refractivity contribution < 1.29 is 31.1 Å². The smallest absolute Gasteiger partial charge is 0.275 e. The zero-order chi connectivity index (χ0) is 18.6. The molecule has 10 heteroatoms. The van der Waals surface area contributed by atoms with Crippen molar-refractivity contribution in [2.24, 2.45) is 0 Å². The van der Waals surface area contributed by atoms with Crippen molar-refractivity contribution >= 4 is 15.9 Å². The predicted molar refractivity (Wildman–Crippen MR) is 81.3 cm³/mol. The van der Waals surface area contributed by atoms with Gasteiger partial charge in [-0.25, -0.2) is 21.6 Å². The Bertz CT molecular complexity index is 873. The van der Waals surface area contributed by atoms with E-state index in [2.05, 4.69) is 0 Å². The van der Waals surface area contributed by atoms with Gasteiger partial charge in [0.05, 0.1) is 0 Å². The number of hydrogen-bond acceptors (Lipinski definition) is 4. The molecule has 2 aromatic rings. The van der Waals surface area contributed by atoms with Crippen molar-refractivity contribution in [1.29, 1.82) is 0 Å². The molecule has 1 amide bonds. The van der Waals surface area contributed by atoms with Crippen LogP contribution in [0.15, 0.2) is 47.4 Å². The van der Waals surface area contributed by atoms with Crippen molar-refractivity contribution in [3.8, 4) is 5.75 Å². The summed E-state index contributed by atoms with van der Waals surface area (Å²) >= 11 is 0. The molecule has 0 spiro atoms. The molecule has 134 valence electrons. The third-order valence-corrected chi connectivity index (χ3v) is 4.27. The predicted octanol–water partition coefficient (Wildman–Crippen LogP) is 1.88. The first-order valence-corrected chi connectivity index (χ1v) is 8.36. The van der Waals surface area contributed by atoms with E-state index in [0.717, 1.165) is 24.3 Å². The van der Waals surface area contributed by atoms with Crippen LogP contribution < -0.4 is 15.0 Å². The molecule has 0 saturated carbocycles. The van der Waals surface area contributed by atoms with E-state index in [9.17, 15) is 26.4 Å². The number of carbonyl (C=O) groups is 1. The van der Waals surface area contributed by atoms with Crippen LogP contribution in [0, 0.1) is 17.5 Å². The normalized spacial score (nSPS) is 12.5. The molecule has 0 aliphatic rings. The molecule has 0 aromatic heterocycles. The summed E-state index contributed by atoms with van der Waals surface area (Å²) in [4.78, 5) is 12.7. The van der Waals surface area contributed by atoms with Crippen LogP contribution >= 0.6 is 0 Å². The highest BCUT2D eigenvalue weighted by Gasteiger charge is 2.22. The number of hydrazine groups is 1. The number of sulfonamides is 1. The maximum Gasteiger partial charge on any atom is 0.275 e. The summed E-state index contributed by atoms with van der Waals surface area (Å²) in [6, 6.07) is 6.71. The first-order valence-electron chi connectivity index (χ1n) is 6.88. The Morgan fingerprint density at radius 2 is 1.64 bits per heavy atom.